The molecule has 7 heteroatoms. The summed E-state index contributed by atoms with van der Waals surface area (Å²) >= 11 is 6.10. The number of amides is 1. The summed E-state index contributed by atoms with van der Waals surface area (Å²) in [5, 5.41) is 2.68. The first-order valence-corrected chi connectivity index (χ1v) is 8.00. The molecule has 24 heavy (non-hydrogen) atoms. The monoisotopic (exact) mass is 355 g/mol. The Labute approximate surface area is 144 Å². The maximum atomic E-state index is 14.3. The average Bonchev–Trinajstić information content (AvgIpc) is 2.50. The van der Waals surface area contributed by atoms with Gasteiger partial charge in [0.15, 0.2) is 0 Å². The van der Waals surface area contributed by atoms with Gasteiger partial charge in [0, 0.05) is 35.2 Å². The van der Waals surface area contributed by atoms with Crippen LogP contribution in [0.4, 0.5) is 4.39 Å². The molecule has 5 nitrogen and oxygen atoms in total. The molecule has 1 N–H and O–H groups in total. The van der Waals surface area contributed by atoms with E-state index in [1.165, 1.54) is 18.2 Å². The second kappa shape index (κ2) is 8.26. The number of piperidine rings is 1. The Hall–Kier alpha value is -1.92. The van der Waals surface area contributed by atoms with Gasteiger partial charge in [-0.15, -0.1) is 0 Å². The molecule has 0 radical (unpaired) electrons. The molecule has 0 aromatic heterocycles. The SMILES string of the molecule is C=C1NC(=O)C[C@H](c2c(F)cccc2Cl)[C@H]1C(=O)OCCOCC. The van der Waals surface area contributed by atoms with Crippen molar-refractivity contribution < 1.29 is 23.5 Å². The van der Waals surface area contributed by atoms with E-state index < -0.39 is 23.6 Å². The van der Waals surface area contributed by atoms with Gasteiger partial charge >= 0.3 is 5.97 Å². The first kappa shape index (κ1) is 18.4. The van der Waals surface area contributed by atoms with Gasteiger partial charge in [-0.3, -0.25) is 9.59 Å². The van der Waals surface area contributed by atoms with Crippen LogP contribution in [0.1, 0.15) is 24.8 Å². The average molecular weight is 356 g/mol. The summed E-state index contributed by atoms with van der Waals surface area (Å²) in [5.74, 6) is -3.17. The summed E-state index contributed by atoms with van der Waals surface area (Å²) < 4.78 is 24.6. The predicted molar refractivity (Wildman–Crippen MR) is 87.0 cm³/mol. The van der Waals surface area contributed by atoms with E-state index >= 15 is 0 Å². The van der Waals surface area contributed by atoms with Gasteiger partial charge in [0.25, 0.3) is 0 Å². The molecule has 0 saturated carbocycles. The fraction of sp³-hybridized carbons (Fsp3) is 0.412. The molecule has 1 aromatic carbocycles. The molecule has 0 spiro atoms. The molecule has 0 unspecified atom stereocenters. The molecular formula is C17H19ClFNO4. The Morgan fingerprint density at radius 3 is 2.88 bits per heavy atom. The summed E-state index contributed by atoms with van der Waals surface area (Å²) in [6, 6.07) is 4.23. The van der Waals surface area contributed by atoms with Crippen LogP contribution in [0.2, 0.25) is 5.02 Å². The minimum atomic E-state index is -0.904. The van der Waals surface area contributed by atoms with Crippen LogP contribution in [0.5, 0.6) is 0 Å². The van der Waals surface area contributed by atoms with E-state index in [2.05, 4.69) is 11.9 Å². The quantitative estimate of drug-likeness (QED) is 0.629. The molecule has 1 saturated heterocycles. The molecule has 1 aromatic rings. The fourth-order valence-corrected chi connectivity index (χ4v) is 3.05. The third-order valence-electron chi connectivity index (χ3n) is 3.78. The lowest BCUT2D eigenvalue weighted by molar-refractivity contribution is -0.150. The summed E-state index contributed by atoms with van der Waals surface area (Å²) in [6.45, 7) is 6.39. The smallest absolute Gasteiger partial charge is 0.315 e. The van der Waals surface area contributed by atoms with Crippen LogP contribution in [0.3, 0.4) is 0 Å². The van der Waals surface area contributed by atoms with Gasteiger partial charge < -0.3 is 14.8 Å². The number of carbonyl (C=O) groups is 2. The fourth-order valence-electron chi connectivity index (χ4n) is 2.74. The highest BCUT2D eigenvalue weighted by Crippen LogP contribution is 2.40. The van der Waals surface area contributed by atoms with Crippen molar-refractivity contribution in [3.8, 4) is 0 Å². The van der Waals surface area contributed by atoms with Crippen LogP contribution in [-0.2, 0) is 19.1 Å². The molecule has 2 atom stereocenters. The van der Waals surface area contributed by atoms with Gasteiger partial charge in [-0.05, 0) is 19.1 Å². The van der Waals surface area contributed by atoms with E-state index in [0.717, 1.165) is 0 Å². The number of nitrogens with one attached hydrogen (secondary N) is 1. The van der Waals surface area contributed by atoms with E-state index in [9.17, 15) is 14.0 Å². The van der Waals surface area contributed by atoms with Crippen LogP contribution in [0.25, 0.3) is 0 Å². The third-order valence-corrected chi connectivity index (χ3v) is 4.11. The summed E-state index contributed by atoms with van der Waals surface area (Å²) in [4.78, 5) is 24.3. The van der Waals surface area contributed by atoms with Crippen LogP contribution < -0.4 is 5.32 Å². The summed E-state index contributed by atoms with van der Waals surface area (Å²) in [6.07, 6.45) is -0.0785. The Kier molecular flexibility index (Phi) is 6.34. The maximum Gasteiger partial charge on any atom is 0.315 e. The predicted octanol–water partition coefficient (Wildman–Crippen LogP) is 2.79. The van der Waals surface area contributed by atoms with E-state index in [4.69, 9.17) is 21.1 Å². The minimum absolute atomic E-state index is 0.0716. The Morgan fingerprint density at radius 1 is 1.46 bits per heavy atom. The number of halogens is 2. The van der Waals surface area contributed by atoms with Crippen LogP contribution >= 0.6 is 11.6 Å². The van der Waals surface area contributed by atoms with Crippen LogP contribution in [0.15, 0.2) is 30.5 Å². The highest BCUT2D eigenvalue weighted by molar-refractivity contribution is 6.31. The number of hydrogen-bond acceptors (Lipinski definition) is 4. The summed E-state index contributed by atoms with van der Waals surface area (Å²) in [5.41, 5.74) is 0.305. The van der Waals surface area contributed by atoms with Crippen molar-refractivity contribution >= 4 is 23.5 Å². The molecule has 1 fully saturated rings. The second-order valence-electron chi connectivity index (χ2n) is 5.36. The normalized spacial score (nSPS) is 20.6. The lowest BCUT2D eigenvalue weighted by Crippen LogP contribution is -2.42. The van der Waals surface area contributed by atoms with Gasteiger partial charge in [-0.1, -0.05) is 24.2 Å². The van der Waals surface area contributed by atoms with Crippen molar-refractivity contribution in [1.82, 2.24) is 5.32 Å². The third kappa shape index (κ3) is 4.13. The van der Waals surface area contributed by atoms with Crippen molar-refractivity contribution in [2.45, 2.75) is 19.3 Å². The molecule has 1 heterocycles. The highest BCUT2D eigenvalue weighted by atomic mass is 35.5. The Balaban J connectivity index is 2.26. The molecule has 1 amide bonds. The standard InChI is InChI=1S/C17H19ClFNO4/c1-3-23-7-8-24-17(22)15-10(2)20-14(21)9-11(15)16-12(18)5-4-6-13(16)19/h4-6,11,15H,2-3,7-9H2,1H3,(H,20,21)/t11-,15-/m0/s1. The van der Waals surface area contributed by atoms with Gasteiger partial charge in [-0.25, -0.2) is 4.39 Å². The van der Waals surface area contributed by atoms with Crippen LogP contribution in [-0.4, -0.2) is 31.7 Å². The molecule has 1 aliphatic rings. The van der Waals surface area contributed by atoms with Gasteiger partial charge in [0.1, 0.15) is 18.3 Å². The lowest BCUT2D eigenvalue weighted by Gasteiger charge is -2.32. The zero-order chi connectivity index (χ0) is 17.7. The molecular weight excluding hydrogens is 337 g/mol. The van der Waals surface area contributed by atoms with Crippen molar-refractivity contribution in [3.05, 3.63) is 46.9 Å². The highest BCUT2D eigenvalue weighted by Gasteiger charge is 2.41. The van der Waals surface area contributed by atoms with Crippen molar-refractivity contribution in [2.75, 3.05) is 19.8 Å². The zero-order valence-corrected chi connectivity index (χ0v) is 14.1. The molecule has 130 valence electrons. The van der Waals surface area contributed by atoms with E-state index in [1.54, 1.807) is 0 Å². The van der Waals surface area contributed by atoms with E-state index in [-0.39, 0.29) is 41.8 Å². The van der Waals surface area contributed by atoms with Crippen molar-refractivity contribution in [3.63, 3.8) is 0 Å². The largest absolute Gasteiger partial charge is 0.463 e. The number of benzene rings is 1. The molecule has 1 aliphatic heterocycles. The summed E-state index contributed by atoms with van der Waals surface area (Å²) in [7, 11) is 0. The van der Waals surface area contributed by atoms with Gasteiger partial charge in [0.2, 0.25) is 5.91 Å². The molecule has 2 rings (SSSR count). The number of esters is 1. The molecule has 0 bridgehead atoms. The number of hydrogen-bond donors (Lipinski definition) is 1. The first-order chi connectivity index (χ1) is 11.5. The van der Waals surface area contributed by atoms with Crippen molar-refractivity contribution in [2.24, 2.45) is 5.92 Å². The second-order valence-corrected chi connectivity index (χ2v) is 5.77. The van der Waals surface area contributed by atoms with Gasteiger partial charge in [-0.2, -0.15) is 0 Å². The number of ether oxygens (including phenoxy) is 2. The van der Waals surface area contributed by atoms with Crippen molar-refractivity contribution in [1.29, 1.82) is 0 Å². The molecule has 0 aliphatic carbocycles. The van der Waals surface area contributed by atoms with Crippen LogP contribution in [0, 0.1) is 11.7 Å². The number of carbonyl (C=O) groups excluding carboxylic acids is 2. The van der Waals surface area contributed by atoms with Gasteiger partial charge in [0.05, 0.1) is 6.61 Å². The maximum absolute atomic E-state index is 14.3. The Morgan fingerprint density at radius 2 is 2.21 bits per heavy atom. The minimum Gasteiger partial charge on any atom is -0.463 e. The lowest BCUT2D eigenvalue weighted by atomic mass is 9.79. The number of rotatable bonds is 6. The first-order valence-electron chi connectivity index (χ1n) is 7.62. The topological polar surface area (TPSA) is 64.6 Å². The zero-order valence-electron chi connectivity index (χ0n) is 13.3. The Bertz CT molecular complexity index is 629. The van der Waals surface area contributed by atoms with E-state index in [0.29, 0.717) is 6.61 Å². The van der Waals surface area contributed by atoms with E-state index in [1.807, 2.05) is 6.92 Å².